The summed E-state index contributed by atoms with van der Waals surface area (Å²) in [7, 11) is 0. The molecule has 0 amide bonds. The molecule has 2 aliphatic rings. The molecule has 1 spiro atoms. The molecule has 1 fully saturated rings. The first kappa shape index (κ1) is 18.2. The molecule has 22 heavy (non-hydrogen) atoms. The van der Waals surface area contributed by atoms with E-state index in [1.54, 1.807) is 4.46 Å². The fourth-order valence-electron chi connectivity index (χ4n) is 4.06. The van der Waals surface area contributed by atoms with E-state index in [1.807, 2.05) is 0 Å². The molecule has 1 saturated carbocycles. The zero-order chi connectivity index (χ0) is 14.7. The monoisotopic (exact) mass is 429 g/mol. The van der Waals surface area contributed by atoms with E-state index in [9.17, 15) is 0 Å². The summed E-state index contributed by atoms with van der Waals surface area (Å²) in [5, 5.41) is 1.37. The standard InChI is InChI=1S/C19H28NSe.BrH/c1-16(2)20-15-19(11-7-4-8-12-19)13-17(20)14-21-18-9-5-3-6-10-18;/h3,5-6,9-10,15-17H,4,7-8,11-14H2,1-2H3;1H/q+1;/p-1. The molecule has 1 unspecified atom stereocenters. The van der Waals surface area contributed by atoms with Crippen LogP contribution in [0.4, 0.5) is 0 Å². The largest absolute Gasteiger partial charge is 1.00 e. The van der Waals surface area contributed by atoms with Gasteiger partial charge >= 0.3 is 136 Å². The SMILES string of the molecule is CC(C)[N+]1=CC2(CCCCC2)CC1C[Se]c1ccccc1.[Br-]. The van der Waals surface area contributed by atoms with Gasteiger partial charge in [0.2, 0.25) is 0 Å². The van der Waals surface area contributed by atoms with Crippen LogP contribution in [0, 0.1) is 5.41 Å². The van der Waals surface area contributed by atoms with Gasteiger partial charge in [-0.05, 0) is 0 Å². The quantitative estimate of drug-likeness (QED) is 0.489. The van der Waals surface area contributed by atoms with Gasteiger partial charge in [-0.3, -0.25) is 0 Å². The molecule has 1 nitrogen and oxygen atoms in total. The van der Waals surface area contributed by atoms with E-state index >= 15 is 0 Å². The second-order valence-electron chi connectivity index (χ2n) is 7.08. The number of hydrogen-bond acceptors (Lipinski definition) is 0. The molecule has 0 N–H and O–H groups in total. The predicted molar refractivity (Wildman–Crippen MR) is 92.0 cm³/mol. The Kier molecular flexibility index (Phi) is 6.73. The van der Waals surface area contributed by atoms with Crippen LogP contribution in [0.25, 0.3) is 0 Å². The first-order chi connectivity index (χ1) is 10.2. The number of nitrogens with zero attached hydrogens (tertiary/aromatic N) is 1. The van der Waals surface area contributed by atoms with Crippen LogP contribution in [0.5, 0.6) is 0 Å². The zero-order valence-corrected chi connectivity index (χ0v) is 17.1. The molecule has 0 aromatic heterocycles. The second-order valence-corrected chi connectivity index (χ2v) is 9.37. The molecule has 122 valence electrons. The average molecular weight is 429 g/mol. The van der Waals surface area contributed by atoms with Crippen LogP contribution in [0.15, 0.2) is 30.3 Å². The third kappa shape index (κ3) is 4.24. The molecule has 3 rings (SSSR count). The van der Waals surface area contributed by atoms with Gasteiger partial charge in [0.1, 0.15) is 0 Å². The Hall–Kier alpha value is -0.111. The van der Waals surface area contributed by atoms with Gasteiger partial charge in [0, 0.05) is 0 Å². The smallest absolute Gasteiger partial charge is 1.00 e. The molecule has 0 bridgehead atoms. The van der Waals surface area contributed by atoms with E-state index in [1.165, 1.54) is 43.8 Å². The van der Waals surface area contributed by atoms with Crippen molar-refractivity contribution in [1.82, 2.24) is 0 Å². The van der Waals surface area contributed by atoms with Crippen LogP contribution in [0.3, 0.4) is 0 Å². The maximum atomic E-state index is 2.70. The number of rotatable bonds is 4. The van der Waals surface area contributed by atoms with Crippen molar-refractivity contribution in [3.63, 3.8) is 0 Å². The van der Waals surface area contributed by atoms with Gasteiger partial charge in [-0.15, -0.1) is 0 Å². The summed E-state index contributed by atoms with van der Waals surface area (Å²) in [6.07, 6.45) is 11.3. The van der Waals surface area contributed by atoms with Gasteiger partial charge in [-0.1, -0.05) is 0 Å². The van der Waals surface area contributed by atoms with Crippen molar-refractivity contribution in [2.45, 2.75) is 69.8 Å². The van der Waals surface area contributed by atoms with Crippen molar-refractivity contribution in [3.8, 4) is 0 Å². The van der Waals surface area contributed by atoms with Crippen molar-refractivity contribution in [1.29, 1.82) is 0 Å². The maximum absolute atomic E-state index is 2.70. The van der Waals surface area contributed by atoms with E-state index in [-0.39, 0.29) is 17.0 Å². The first-order valence-corrected chi connectivity index (χ1v) is 10.6. The van der Waals surface area contributed by atoms with Crippen LogP contribution in [-0.4, -0.2) is 37.8 Å². The predicted octanol–water partition coefficient (Wildman–Crippen LogP) is 0.653. The summed E-state index contributed by atoms with van der Waals surface area (Å²) in [5.41, 5.74) is 0.556. The van der Waals surface area contributed by atoms with Gasteiger partial charge in [0.15, 0.2) is 0 Å². The Morgan fingerprint density at radius 3 is 2.45 bits per heavy atom. The number of halogens is 1. The van der Waals surface area contributed by atoms with Gasteiger partial charge < -0.3 is 17.0 Å². The fraction of sp³-hybridized carbons (Fsp3) is 0.632. The summed E-state index contributed by atoms with van der Waals surface area (Å²) < 4.78 is 4.26. The molecule has 1 aliphatic heterocycles. The van der Waals surface area contributed by atoms with Crippen LogP contribution in [-0.2, 0) is 0 Å². The topological polar surface area (TPSA) is 3.01 Å². The fourth-order valence-corrected chi connectivity index (χ4v) is 6.21. The molecule has 1 heterocycles. The Balaban J connectivity index is 0.00000176. The summed E-state index contributed by atoms with van der Waals surface area (Å²) in [6, 6.07) is 12.5. The number of benzene rings is 1. The minimum Gasteiger partial charge on any atom is -1.00 e. The summed E-state index contributed by atoms with van der Waals surface area (Å²) in [4.78, 5) is 0. The second kappa shape index (κ2) is 8.13. The Morgan fingerprint density at radius 1 is 1.14 bits per heavy atom. The van der Waals surface area contributed by atoms with Gasteiger partial charge in [0.05, 0.1) is 0 Å². The van der Waals surface area contributed by atoms with Crippen molar-refractivity contribution < 1.29 is 21.6 Å². The summed E-state index contributed by atoms with van der Waals surface area (Å²) >= 11 is 0.618. The minimum absolute atomic E-state index is 0. The normalized spacial score (nSPS) is 23.4. The van der Waals surface area contributed by atoms with Gasteiger partial charge in [-0.2, -0.15) is 0 Å². The molecular formula is C19H28BrNSe. The molecule has 1 aromatic carbocycles. The zero-order valence-electron chi connectivity index (χ0n) is 13.8. The molecule has 1 aromatic rings. The van der Waals surface area contributed by atoms with Crippen LogP contribution < -0.4 is 21.4 Å². The van der Waals surface area contributed by atoms with Crippen molar-refractivity contribution in [2.24, 2.45) is 5.41 Å². The minimum atomic E-state index is 0. The maximum Gasteiger partial charge on any atom is -1.00 e. The molecule has 0 radical (unpaired) electrons. The van der Waals surface area contributed by atoms with E-state index in [0.29, 0.717) is 26.4 Å². The number of hydrogen-bond donors (Lipinski definition) is 0. The van der Waals surface area contributed by atoms with Crippen molar-refractivity contribution in [2.75, 3.05) is 0 Å². The third-order valence-corrected chi connectivity index (χ3v) is 7.55. The molecule has 3 heteroatoms. The molecule has 1 atom stereocenters. The summed E-state index contributed by atoms with van der Waals surface area (Å²) in [6.45, 7) is 4.72. The Labute approximate surface area is 152 Å². The van der Waals surface area contributed by atoms with Gasteiger partial charge in [-0.25, -0.2) is 0 Å². The Bertz CT molecular complexity index is 491. The van der Waals surface area contributed by atoms with Crippen LogP contribution in [0.1, 0.15) is 52.4 Å². The third-order valence-electron chi connectivity index (χ3n) is 5.12. The van der Waals surface area contributed by atoms with E-state index in [0.717, 1.165) is 6.04 Å². The van der Waals surface area contributed by atoms with Crippen molar-refractivity contribution in [3.05, 3.63) is 30.3 Å². The first-order valence-electron chi connectivity index (χ1n) is 8.50. The van der Waals surface area contributed by atoms with Gasteiger partial charge in [0.25, 0.3) is 0 Å². The van der Waals surface area contributed by atoms with E-state index in [4.69, 9.17) is 0 Å². The molecule has 0 saturated heterocycles. The molecular weight excluding hydrogens is 401 g/mol. The van der Waals surface area contributed by atoms with E-state index in [2.05, 4.69) is 55.0 Å². The Morgan fingerprint density at radius 2 is 1.82 bits per heavy atom. The van der Waals surface area contributed by atoms with Crippen LogP contribution >= 0.6 is 0 Å². The summed E-state index contributed by atoms with van der Waals surface area (Å²) in [5.74, 6) is 0. The van der Waals surface area contributed by atoms with Crippen molar-refractivity contribution >= 4 is 25.6 Å². The van der Waals surface area contributed by atoms with E-state index < -0.39 is 0 Å². The molecule has 1 aliphatic carbocycles. The average Bonchev–Trinajstić information content (AvgIpc) is 2.86. The van der Waals surface area contributed by atoms with Crippen LogP contribution in [0.2, 0.25) is 5.32 Å².